The molecule has 1 aromatic carbocycles. The Kier molecular flexibility index (Phi) is 4.37. The number of aromatic nitrogens is 2. The third kappa shape index (κ3) is 3.57. The Morgan fingerprint density at radius 3 is 2.69 bits per heavy atom. The molecular formula is C21H23N3O2. The lowest BCUT2D eigenvalue weighted by Crippen LogP contribution is -2.27. The van der Waals surface area contributed by atoms with E-state index in [2.05, 4.69) is 18.1 Å². The first-order valence-corrected chi connectivity index (χ1v) is 9.01. The van der Waals surface area contributed by atoms with Crippen LogP contribution in [0.15, 0.2) is 59.3 Å². The van der Waals surface area contributed by atoms with Crippen molar-refractivity contribution >= 4 is 5.91 Å². The maximum atomic E-state index is 12.5. The monoisotopic (exact) mass is 349 g/mol. The summed E-state index contributed by atoms with van der Waals surface area (Å²) in [5, 5.41) is 4.21. The highest BCUT2D eigenvalue weighted by Crippen LogP contribution is 2.47. The molecule has 1 amide bonds. The average molecular weight is 349 g/mol. The fourth-order valence-electron chi connectivity index (χ4n) is 3.22. The average Bonchev–Trinajstić information content (AvgIpc) is 3.07. The molecule has 4 rings (SSSR count). The highest BCUT2D eigenvalue weighted by atomic mass is 16.3. The summed E-state index contributed by atoms with van der Waals surface area (Å²) in [7, 11) is 1.82. The minimum Gasteiger partial charge on any atom is -0.464 e. The van der Waals surface area contributed by atoms with Crippen molar-refractivity contribution in [3.8, 4) is 5.69 Å². The summed E-state index contributed by atoms with van der Waals surface area (Å²) in [5.41, 5.74) is 1.97. The summed E-state index contributed by atoms with van der Waals surface area (Å²) >= 11 is 0. The molecule has 2 atom stereocenters. The molecule has 1 fully saturated rings. The quantitative estimate of drug-likeness (QED) is 0.680. The molecule has 0 saturated heterocycles. The van der Waals surface area contributed by atoms with Gasteiger partial charge in [0.15, 0.2) is 0 Å². The number of hydrogen-bond donors (Lipinski definition) is 0. The standard InChI is InChI=1S/C21H23N3O2/c1-15-12-19(15)20-9-8-18(26-20)14-23(2)21(25)13-16-4-6-17(7-5-16)24-11-3-10-22-24/h3-11,15,19H,12-14H2,1-2H3/t15-,19-/m1/s1. The zero-order chi connectivity index (χ0) is 18.1. The number of nitrogens with zero attached hydrogens (tertiary/aromatic N) is 3. The second-order valence-electron chi connectivity index (χ2n) is 7.17. The van der Waals surface area contributed by atoms with Crippen molar-refractivity contribution in [2.45, 2.75) is 32.2 Å². The Morgan fingerprint density at radius 2 is 2.04 bits per heavy atom. The first-order valence-electron chi connectivity index (χ1n) is 9.01. The van der Waals surface area contributed by atoms with Crippen LogP contribution in [0.3, 0.4) is 0 Å². The van der Waals surface area contributed by atoms with Gasteiger partial charge in [-0.25, -0.2) is 4.68 Å². The second kappa shape index (κ2) is 6.83. The van der Waals surface area contributed by atoms with E-state index >= 15 is 0 Å². The van der Waals surface area contributed by atoms with E-state index in [1.807, 2.05) is 49.6 Å². The fourth-order valence-corrected chi connectivity index (χ4v) is 3.22. The van der Waals surface area contributed by atoms with Crippen LogP contribution in [0, 0.1) is 5.92 Å². The summed E-state index contributed by atoms with van der Waals surface area (Å²) in [5.74, 6) is 3.28. The summed E-state index contributed by atoms with van der Waals surface area (Å²) in [4.78, 5) is 14.2. The van der Waals surface area contributed by atoms with Crippen LogP contribution in [0.4, 0.5) is 0 Å². The van der Waals surface area contributed by atoms with Gasteiger partial charge >= 0.3 is 0 Å². The molecular weight excluding hydrogens is 326 g/mol. The maximum absolute atomic E-state index is 12.5. The van der Waals surface area contributed by atoms with E-state index in [1.54, 1.807) is 15.8 Å². The Labute approximate surface area is 153 Å². The molecule has 5 nitrogen and oxygen atoms in total. The number of furan rings is 1. The first-order chi connectivity index (χ1) is 12.6. The Hall–Kier alpha value is -2.82. The molecule has 3 aromatic rings. The van der Waals surface area contributed by atoms with E-state index in [9.17, 15) is 4.79 Å². The van der Waals surface area contributed by atoms with Crippen LogP contribution >= 0.6 is 0 Å². The van der Waals surface area contributed by atoms with Crippen molar-refractivity contribution in [1.82, 2.24) is 14.7 Å². The Balaban J connectivity index is 1.34. The van der Waals surface area contributed by atoms with Gasteiger partial charge in [0, 0.05) is 25.4 Å². The van der Waals surface area contributed by atoms with Crippen molar-refractivity contribution in [1.29, 1.82) is 0 Å². The van der Waals surface area contributed by atoms with Crippen LogP contribution in [0.25, 0.3) is 5.69 Å². The van der Waals surface area contributed by atoms with Gasteiger partial charge in [-0.3, -0.25) is 4.79 Å². The third-order valence-electron chi connectivity index (χ3n) is 5.04. The van der Waals surface area contributed by atoms with E-state index in [1.165, 1.54) is 6.42 Å². The Bertz CT molecular complexity index is 880. The zero-order valence-electron chi connectivity index (χ0n) is 15.1. The van der Waals surface area contributed by atoms with Gasteiger partial charge in [0.25, 0.3) is 0 Å². The molecule has 2 heterocycles. The molecule has 134 valence electrons. The van der Waals surface area contributed by atoms with Crippen LogP contribution < -0.4 is 0 Å². The molecule has 0 radical (unpaired) electrons. The first kappa shape index (κ1) is 16.6. The normalized spacial score (nSPS) is 18.7. The van der Waals surface area contributed by atoms with Gasteiger partial charge in [-0.1, -0.05) is 19.1 Å². The van der Waals surface area contributed by atoms with Crippen molar-refractivity contribution in [3.63, 3.8) is 0 Å². The largest absolute Gasteiger partial charge is 0.464 e. The van der Waals surface area contributed by atoms with Gasteiger partial charge in [-0.05, 0) is 48.2 Å². The maximum Gasteiger partial charge on any atom is 0.227 e. The predicted octanol–water partition coefficient (Wildman–Crippen LogP) is 3.79. The van der Waals surface area contributed by atoms with Crippen LogP contribution in [0.1, 0.15) is 36.3 Å². The highest BCUT2D eigenvalue weighted by molar-refractivity contribution is 5.78. The van der Waals surface area contributed by atoms with E-state index in [0.29, 0.717) is 18.9 Å². The lowest BCUT2D eigenvalue weighted by molar-refractivity contribution is -0.129. The molecule has 0 N–H and O–H groups in total. The van der Waals surface area contributed by atoms with Crippen molar-refractivity contribution in [3.05, 3.63) is 71.9 Å². The van der Waals surface area contributed by atoms with Crippen LogP contribution in [-0.4, -0.2) is 27.6 Å². The van der Waals surface area contributed by atoms with Gasteiger partial charge in [-0.15, -0.1) is 0 Å². The molecule has 0 bridgehead atoms. The molecule has 2 aromatic heterocycles. The number of hydrogen-bond acceptors (Lipinski definition) is 3. The number of rotatable bonds is 6. The van der Waals surface area contributed by atoms with Crippen molar-refractivity contribution in [2.24, 2.45) is 5.92 Å². The summed E-state index contributed by atoms with van der Waals surface area (Å²) in [6.45, 7) is 2.74. The lowest BCUT2D eigenvalue weighted by atomic mass is 10.1. The Morgan fingerprint density at radius 1 is 1.27 bits per heavy atom. The minimum atomic E-state index is 0.0783. The van der Waals surface area contributed by atoms with E-state index in [-0.39, 0.29) is 5.91 Å². The van der Waals surface area contributed by atoms with E-state index < -0.39 is 0 Å². The fraction of sp³-hybridized carbons (Fsp3) is 0.333. The molecule has 26 heavy (non-hydrogen) atoms. The molecule has 5 heteroatoms. The minimum absolute atomic E-state index is 0.0783. The van der Waals surface area contributed by atoms with Gasteiger partial charge < -0.3 is 9.32 Å². The van der Waals surface area contributed by atoms with E-state index in [4.69, 9.17) is 4.42 Å². The van der Waals surface area contributed by atoms with Crippen LogP contribution in [0.2, 0.25) is 0 Å². The molecule has 0 unspecified atom stereocenters. The summed E-state index contributed by atoms with van der Waals surface area (Å²) in [6, 6.07) is 13.8. The number of benzene rings is 1. The van der Waals surface area contributed by atoms with E-state index in [0.717, 1.165) is 28.7 Å². The zero-order valence-corrected chi connectivity index (χ0v) is 15.1. The molecule has 1 saturated carbocycles. The number of carbonyl (C=O) groups is 1. The topological polar surface area (TPSA) is 51.3 Å². The smallest absolute Gasteiger partial charge is 0.227 e. The lowest BCUT2D eigenvalue weighted by Gasteiger charge is -2.16. The third-order valence-corrected chi connectivity index (χ3v) is 5.04. The summed E-state index contributed by atoms with van der Waals surface area (Å²) < 4.78 is 7.70. The number of likely N-dealkylation sites (N-methyl/N-ethyl adjacent to an activating group) is 1. The molecule has 1 aliphatic rings. The number of amides is 1. The van der Waals surface area contributed by atoms with Gasteiger partial charge in [-0.2, -0.15) is 5.10 Å². The number of carbonyl (C=O) groups excluding carboxylic acids is 1. The molecule has 0 spiro atoms. The second-order valence-corrected chi connectivity index (χ2v) is 7.17. The SMILES string of the molecule is C[C@@H]1C[C@H]1c1ccc(CN(C)C(=O)Cc2ccc(-n3cccn3)cc2)o1. The van der Waals surface area contributed by atoms with Gasteiger partial charge in [0.05, 0.1) is 18.7 Å². The van der Waals surface area contributed by atoms with Crippen LogP contribution in [-0.2, 0) is 17.8 Å². The highest BCUT2D eigenvalue weighted by Gasteiger charge is 2.36. The van der Waals surface area contributed by atoms with Gasteiger partial charge in [0.1, 0.15) is 11.5 Å². The molecule has 1 aliphatic carbocycles. The predicted molar refractivity (Wildman–Crippen MR) is 99.0 cm³/mol. The molecule has 0 aliphatic heterocycles. The van der Waals surface area contributed by atoms with Gasteiger partial charge in [0.2, 0.25) is 5.91 Å². The van der Waals surface area contributed by atoms with Crippen molar-refractivity contribution in [2.75, 3.05) is 7.05 Å². The van der Waals surface area contributed by atoms with Crippen molar-refractivity contribution < 1.29 is 9.21 Å². The van der Waals surface area contributed by atoms with Crippen LogP contribution in [0.5, 0.6) is 0 Å². The summed E-state index contributed by atoms with van der Waals surface area (Å²) in [6.07, 6.45) is 5.23.